The Balaban J connectivity index is 1.46. The highest BCUT2D eigenvalue weighted by Crippen LogP contribution is 2.51. The quantitative estimate of drug-likeness (QED) is 0.170. The highest BCUT2D eigenvalue weighted by molar-refractivity contribution is 9.11. The van der Waals surface area contributed by atoms with Gasteiger partial charge in [-0.1, -0.05) is 24.3 Å². The molecule has 0 fully saturated rings. The van der Waals surface area contributed by atoms with Crippen LogP contribution in [0.15, 0.2) is 57.5 Å². The molecule has 0 radical (unpaired) electrons. The second kappa shape index (κ2) is 10.0. The van der Waals surface area contributed by atoms with Crippen molar-refractivity contribution in [2.75, 3.05) is 28.4 Å². The summed E-state index contributed by atoms with van der Waals surface area (Å²) in [4.78, 5) is 26.4. The predicted octanol–water partition coefficient (Wildman–Crippen LogP) is 6.50. The van der Waals surface area contributed by atoms with Crippen LogP contribution in [0, 0.1) is 0 Å². The predicted molar refractivity (Wildman–Crippen MR) is 153 cm³/mol. The number of carbonyl (C=O) groups excluding carboxylic acids is 2. The minimum atomic E-state index is -0.664. The lowest BCUT2D eigenvalue weighted by atomic mass is 9.88. The van der Waals surface area contributed by atoms with E-state index >= 15 is 0 Å². The lowest BCUT2D eigenvalue weighted by Crippen LogP contribution is -2.12. The third-order valence-electron chi connectivity index (χ3n) is 7.24. The molecule has 2 aliphatic heterocycles. The van der Waals surface area contributed by atoms with Crippen molar-refractivity contribution in [3.63, 3.8) is 0 Å². The summed E-state index contributed by atoms with van der Waals surface area (Å²) in [6.45, 7) is 0. The second-order valence-electron chi connectivity index (χ2n) is 9.25. The van der Waals surface area contributed by atoms with Crippen molar-refractivity contribution < 1.29 is 38.0 Å². The molecule has 0 saturated carbocycles. The van der Waals surface area contributed by atoms with Crippen LogP contribution in [0.5, 0.6) is 34.5 Å². The maximum atomic E-state index is 13.2. The number of carbonyl (C=O) groups is 2. The van der Waals surface area contributed by atoms with E-state index in [1.54, 1.807) is 40.6 Å². The molecule has 40 heavy (non-hydrogen) atoms. The molecule has 0 N–H and O–H groups in total. The number of halogens is 2. The summed E-state index contributed by atoms with van der Waals surface area (Å²) in [5.41, 5.74) is 2.81. The van der Waals surface area contributed by atoms with Gasteiger partial charge in [0.2, 0.25) is 0 Å². The van der Waals surface area contributed by atoms with Crippen LogP contribution in [0.2, 0.25) is 0 Å². The molecule has 2 unspecified atom stereocenters. The zero-order valence-corrected chi connectivity index (χ0v) is 25.0. The Morgan fingerprint density at radius 1 is 0.600 bits per heavy atom. The number of methoxy groups -OCH3 is 4. The molecule has 0 amide bonds. The van der Waals surface area contributed by atoms with E-state index in [-0.39, 0.29) is 0 Å². The lowest BCUT2D eigenvalue weighted by molar-refractivity contribution is -0.134. The fourth-order valence-corrected chi connectivity index (χ4v) is 6.72. The maximum Gasteiger partial charge on any atom is 0.323 e. The van der Waals surface area contributed by atoms with Gasteiger partial charge in [0.1, 0.15) is 23.3 Å². The monoisotopic (exact) mass is 668 g/mol. The molecule has 8 nitrogen and oxygen atoms in total. The summed E-state index contributed by atoms with van der Waals surface area (Å²) in [5.74, 6) is 0.780. The Morgan fingerprint density at radius 3 is 1.35 bits per heavy atom. The van der Waals surface area contributed by atoms with Gasteiger partial charge in [-0.3, -0.25) is 9.59 Å². The molecule has 10 heteroatoms. The Labute approximate surface area is 246 Å². The zero-order valence-electron chi connectivity index (χ0n) is 21.8. The molecular formula is C30H22Br2O8. The van der Waals surface area contributed by atoms with Crippen molar-refractivity contribution in [3.05, 3.63) is 79.7 Å². The van der Waals surface area contributed by atoms with Gasteiger partial charge in [-0.15, -0.1) is 0 Å². The molecule has 0 saturated heterocycles. The number of fused-ring (bicyclic) bond motifs is 5. The van der Waals surface area contributed by atoms with Crippen molar-refractivity contribution in [2.24, 2.45) is 0 Å². The van der Waals surface area contributed by atoms with Gasteiger partial charge in [0.05, 0.1) is 37.4 Å². The van der Waals surface area contributed by atoms with E-state index in [2.05, 4.69) is 31.9 Å². The first-order valence-electron chi connectivity index (χ1n) is 12.2. The fourth-order valence-electron chi connectivity index (χ4n) is 5.48. The van der Waals surface area contributed by atoms with Crippen LogP contribution in [-0.4, -0.2) is 40.4 Å². The normalized spacial score (nSPS) is 17.2. The molecule has 0 spiro atoms. The Hall–Kier alpha value is -3.76. The number of esters is 2. The Bertz CT molecular complexity index is 1600. The SMILES string of the molecule is COc1cc(C2C(=O)Oc3c2ccc2c4c(ccc32)C(c2cc(Br)c(OC)c(OC)c2)C(=O)O4)cc(Br)c1OC. The summed E-state index contributed by atoms with van der Waals surface area (Å²) >= 11 is 7.02. The number of hydrogen-bond donors (Lipinski definition) is 0. The van der Waals surface area contributed by atoms with E-state index in [0.29, 0.717) is 76.5 Å². The standard InChI is InChI=1S/C30H22Br2O8/c1-35-21-11-13(9-19(31)27(21)37-3)23-17-7-5-16-15(25(17)39-29(23)33)6-8-18-24(30(34)40-26(16)18)14-10-20(32)28(38-4)22(12-14)36-2/h5-12,23-24H,1-4H3. The van der Waals surface area contributed by atoms with Crippen molar-refractivity contribution >= 4 is 54.6 Å². The largest absolute Gasteiger partial charge is 0.493 e. The second-order valence-corrected chi connectivity index (χ2v) is 11.0. The molecule has 0 aromatic heterocycles. The van der Waals surface area contributed by atoms with Crippen LogP contribution < -0.4 is 28.4 Å². The van der Waals surface area contributed by atoms with Gasteiger partial charge in [-0.2, -0.15) is 0 Å². The number of hydrogen-bond acceptors (Lipinski definition) is 8. The summed E-state index contributed by atoms with van der Waals surface area (Å²) in [6, 6.07) is 14.6. The van der Waals surface area contributed by atoms with E-state index in [9.17, 15) is 9.59 Å². The van der Waals surface area contributed by atoms with Crippen LogP contribution in [0.1, 0.15) is 34.1 Å². The van der Waals surface area contributed by atoms with E-state index in [1.807, 2.05) is 36.4 Å². The van der Waals surface area contributed by atoms with Crippen LogP contribution in [0.4, 0.5) is 0 Å². The lowest BCUT2D eigenvalue weighted by Gasteiger charge is -2.15. The van der Waals surface area contributed by atoms with Crippen LogP contribution in [-0.2, 0) is 9.59 Å². The first kappa shape index (κ1) is 26.5. The average Bonchev–Trinajstić information content (AvgIpc) is 3.47. The van der Waals surface area contributed by atoms with Gasteiger partial charge in [0.15, 0.2) is 23.0 Å². The van der Waals surface area contributed by atoms with Gasteiger partial charge in [0.25, 0.3) is 0 Å². The third kappa shape index (κ3) is 3.92. The Morgan fingerprint density at radius 2 is 1.00 bits per heavy atom. The first-order chi connectivity index (χ1) is 19.3. The summed E-state index contributed by atoms with van der Waals surface area (Å²) in [6.07, 6.45) is 0. The third-order valence-corrected chi connectivity index (χ3v) is 8.42. The molecule has 204 valence electrons. The van der Waals surface area contributed by atoms with Crippen LogP contribution >= 0.6 is 31.9 Å². The summed E-state index contributed by atoms with van der Waals surface area (Å²) < 4.78 is 34.8. The zero-order chi connectivity index (χ0) is 28.3. The number of ether oxygens (including phenoxy) is 6. The first-order valence-corrected chi connectivity index (χ1v) is 13.8. The minimum Gasteiger partial charge on any atom is -0.493 e. The van der Waals surface area contributed by atoms with Gasteiger partial charge in [-0.05, 0) is 67.3 Å². The highest BCUT2D eigenvalue weighted by atomic mass is 79.9. The van der Waals surface area contributed by atoms with Gasteiger partial charge < -0.3 is 28.4 Å². The fraction of sp³-hybridized carbons (Fsp3) is 0.200. The van der Waals surface area contributed by atoms with Crippen molar-refractivity contribution in [3.8, 4) is 34.5 Å². The minimum absolute atomic E-state index is 0.410. The van der Waals surface area contributed by atoms with Crippen molar-refractivity contribution in [1.29, 1.82) is 0 Å². The maximum absolute atomic E-state index is 13.2. The van der Waals surface area contributed by atoms with Gasteiger partial charge in [-0.25, -0.2) is 0 Å². The molecule has 2 heterocycles. The molecular weight excluding hydrogens is 648 g/mol. The molecule has 6 rings (SSSR count). The summed E-state index contributed by atoms with van der Waals surface area (Å²) in [5, 5.41) is 1.35. The van der Waals surface area contributed by atoms with Crippen molar-refractivity contribution in [2.45, 2.75) is 11.8 Å². The Kier molecular flexibility index (Phi) is 6.62. The molecule has 2 aliphatic rings. The van der Waals surface area contributed by atoms with E-state index in [0.717, 1.165) is 0 Å². The molecule has 4 aromatic carbocycles. The van der Waals surface area contributed by atoms with E-state index < -0.39 is 23.8 Å². The smallest absolute Gasteiger partial charge is 0.323 e. The molecule has 4 aromatic rings. The van der Waals surface area contributed by atoms with E-state index in [1.165, 1.54) is 0 Å². The van der Waals surface area contributed by atoms with Crippen LogP contribution in [0.25, 0.3) is 10.8 Å². The summed E-state index contributed by atoms with van der Waals surface area (Å²) in [7, 11) is 6.18. The number of rotatable bonds is 6. The molecule has 2 atom stereocenters. The highest BCUT2D eigenvalue weighted by Gasteiger charge is 2.40. The van der Waals surface area contributed by atoms with E-state index in [4.69, 9.17) is 28.4 Å². The average molecular weight is 670 g/mol. The topological polar surface area (TPSA) is 89.5 Å². The van der Waals surface area contributed by atoms with Gasteiger partial charge in [0, 0.05) is 21.9 Å². The van der Waals surface area contributed by atoms with Crippen molar-refractivity contribution in [1.82, 2.24) is 0 Å². The van der Waals surface area contributed by atoms with Gasteiger partial charge >= 0.3 is 11.9 Å². The molecule has 0 bridgehead atoms. The number of benzene rings is 4. The van der Waals surface area contributed by atoms with Crippen LogP contribution in [0.3, 0.4) is 0 Å². The molecule has 0 aliphatic carbocycles.